The topological polar surface area (TPSA) is 32.3 Å². The summed E-state index contributed by atoms with van der Waals surface area (Å²) < 4.78 is 0. The van der Waals surface area contributed by atoms with Crippen LogP contribution in [0.4, 0.5) is 5.69 Å². The van der Waals surface area contributed by atoms with Gasteiger partial charge in [0, 0.05) is 37.3 Å². The molecule has 0 atom stereocenters. The Hall–Kier alpha value is -1.84. The molecule has 1 aliphatic heterocycles. The van der Waals surface area contributed by atoms with Crippen molar-refractivity contribution < 1.29 is 4.79 Å². The van der Waals surface area contributed by atoms with Crippen LogP contribution in [0.15, 0.2) is 42.5 Å². The summed E-state index contributed by atoms with van der Waals surface area (Å²) in [5.41, 5.74) is 4.85. The summed E-state index contributed by atoms with van der Waals surface area (Å²) in [7, 11) is 0. The van der Waals surface area contributed by atoms with Crippen LogP contribution in [0.1, 0.15) is 23.6 Å². The highest BCUT2D eigenvalue weighted by Gasteiger charge is 2.18. The van der Waals surface area contributed by atoms with Crippen molar-refractivity contribution in [2.75, 3.05) is 11.9 Å². The number of anilines is 1. The molecule has 0 bridgehead atoms. The zero-order valence-electron chi connectivity index (χ0n) is 12.6. The minimum absolute atomic E-state index is 0.0301. The fraction of sp³-hybridized carbons (Fsp3) is 0.278. The van der Waals surface area contributed by atoms with Crippen molar-refractivity contribution in [1.29, 1.82) is 0 Å². The SMILES string of the molecule is CC(=O)Nc1ccc2c(c1)CN(CCc1ccc(Cl)cc1)C2. The number of carbonyl (C=O) groups is 1. The lowest BCUT2D eigenvalue weighted by atomic mass is 10.1. The summed E-state index contributed by atoms with van der Waals surface area (Å²) in [5.74, 6) is -0.0301. The Bertz CT molecular complexity index is 682. The van der Waals surface area contributed by atoms with Crippen molar-refractivity contribution in [2.45, 2.75) is 26.4 Å². The van der Waals surface area contributed by atoms with Crippen LogP contribution in [-0.4, -0.2) is 17.4 Å². The molecular formula is C18H19ClN2O. The Balaban J connectivity index is 1.59. The van der Waals surface area contributed by atoms with Crippen LogP contribution in [0.25, 0.3) is 0 Å². The molecule has 114 valence electrons. The first-order valence-electron chi connectivity index (χ1n) is 7.46. The molecule has 2 aromatic carbocycles. The highest BCUT2D eigenvalue weighted by atomic mass is 35.5. The van der Waals surface area contributed by atoms with Gasteiger partial charge in [-0.3, -0.25) is 9.69 Å². The second kappa shape index (κ2) is 6.51. The molecule has 0 aliphatic carbocycles. The van der Waals surface area contributed by atoms with E-state index in [-0.39, 0.29) is 5.91 Å². The fourth-order valence-electron chi connectivity index (χ4n) is 2.84. The van der Waals surface area contributed by atoms with E-state index in [0.717, 1.165) is 36.8 Å². The lowest BCUT2D eigenvalue weighted by molar-refractivity contribution is -0.114. The highest BCUT2D eigenvalue weighted by Crippen LogP contribution is 2.26. The largest absolute Gasteiger partial charge is 0.326 e. The zero-order chi connectivity index (χ0) is 15.5. The number of benzene rings is 2. The summed E-state index contributed by atoms with van der Waals surface area (Å²) in [5, 5.41) is 3.62. The van der Waals surface area contributed by atoms with Crippen LogP contribution in [0, 0.1) is 0 Å². The number of hydrogen-bond acceptors (Lipinski definition) is 2. The second-order valence-electron chi connectivity index (χ2n) is 5.75. The summed E-state index contributed by atoms with van der Waals surface area (Å²) in [4.78, 5) is 13.6. The Kier molecular flexibility index (Phi) is 4.46. The lowest BCUT2D eigenvalue weighted by Gasteiger charge is -2.14. The van der Waals surface area contributed by atoms with Gasteiger partial charge in [-0.05, 0) is 47.4 Å². The van der Waals surface area contributed by atoms with Gasteiger partial charge in [-0.2, -0.15) is 0 Å². The Morgan fingerprint density at radius 3 is 2.59 bits per heavy atom. The van der Waals surface area contributed by atoms with E-state index < -0.39 is 0 Å². The molecule has 1 amide bonds. The summed E-state index contributed by atoms with van der Waals surface area (Å²) in [6.45, 7) is 4.47. The number of carbonyl (C=O) groups excluding carboxylic acids is 1. The van der Waals surface area contributed by atoms with E-state index in [4.69, 9.17) is 11.6 Å². The Morgan fingerprint density at radius 2 is 1.86 bits per heavy atom. The van der Waals surface area contributed by atoms with E-state index in [9.17, 15) is 4.79 Å². The van der Waals surface area contributed by atoms with E-state index in [1.54, 1.807) is 0 Å². The molecule has 0 aromatic heterocycles. The summed E-state index contributed by atoms with van der Waals surface area (Å²) in [6.07, 6.45) is 1.02. The Labute approximate surface area is 135 Å². The zero-order valence-corrected chi connectivity index (χ0v) is 13.4. The minimum Gasteiger partial charge on any atom is -0.326 e. The number of halogens is 1. The maximum atomic E-state index is 11.1. The third-order valence-corrected chi connectivity index (χ3v) is 4.20. The van der Waals surface area contributed by atoms with E-state index in [1.165, 1.54) is 23.6 Å². The van der Waals surface area contributed by atoms with E-state index >= 15 is 0 Å². The predicted octanol–water partition coefficient (Wildman–Crippen LogP) is 3.86. The fourth-order valence-corrected chi connectivity index (χ4v) is 2.97. The summed E-state index contributed by atoms with van der Waals surface area (Å²) >= 11 is 5.91. The van der Waals surface area contributed by atoms with E-state index in [2.05, 4.69) is 34.5 Å². The summed E-state index contributed by atoms with van der Waals surface area (Å²) in [6, 6.07) is 14.2. The van der Waals surface area contributed by atoms with Gasteiger partial charge in [-0.25, -0.2) is 0 Å². The van der Waals surface area contributed by atoms with Gasteiger partial charge in [0.25, 0.3) is 0 Å². The Morgan fingerprint density at radius 1 is 1.14 bits per heavy atom. The molecule has 0 spiro atoms. The van der Waals surface area contributed by atoms with Crippen LogP contribution >= 0.6 is 11.6 Å². The maximum Gasteiger partial charge on any atom is 0.221 e. The first-order valence-corrected chi connectivity index (χ1v) is 7.84. The number of hydrogen-bond donors (Lipinski definition) is 1. The molecule has 4 heteroatoms. The molecule has 1 N–H and O–H groups in total. The molecular weight excluding hydrogens is 296 g/mol. The van der Waals surface area contributed by atoms with Crippen molar-refractivity contribution in [1.82, 2.24) is 4.90 Å². The van der Waals surface area contributed by atoms with Crippen molar-refractivity contribution >= 4 is 23.2 Å². The van der Waals surface area contributed by atoms with Crippen LogP contribution < -0.4 is 5.32 Å². The van der Waals surface area contributed by atoms with Crippen LogP contribution in [0.2, 0.25) is 5.02 Å². The quantitative estimate of drug-likeness (QED) is 0.929. The number of rotatable bonds is 4. The number of amides is 1. The molecule has 0 saturated heterocycles. The van der Waals surface area contributed by atoms with Crippen LogP contribution in [-0.2, 0) is 24.3 Å². The van der Waals surface area contributed by atoms with Crippen molar-refractivity contribution in [3.63, 3.8) is 0 Å². The number of nitrogens with zero attached hydrogens (tertiary/aromatic N) is 1. The molecule has 0 saturated carbocycles. The van der Waals surface area contributed by atoms with Crippen LogP contribution in [0.3, 0.4) is 0 Å². The second-order valence-corrected chi connectivity index (χ2v) is 6.19. The number of nitrogens with one attached hydrogen (secondary N) is 1. The van der Waals surface area contributed by atoms with Gasteiger partial charge in [0.1, 0.15) is 0 Å². The van der Waals surface area contributed by atoms with Crippen molar-refractivity contribution in [3.05, 3.63) is 64.2 Å². The first kappa shape index (κ1) is 15.1. The average molecular weight is 315 g/mol. The van der Waals surface area contributed by atoms with Gasteiger partial charge >= 0.3 is 0 Å². The molecule has 2 aromatic rings. The normalized spacial score (nSPS) is 13.9. The predicted molar refractivity (Wildman–Crippen MR) is 90.0 cm³/mol. The highest BCUT2D eigenvalue weighted by molar-refractivity contribution is 6.30. The van der Waals surface area contributed by atoms with Gasteiger partial charge in [0.2, 0.25) is 5.91 Å². The molecule has 1 heterocycles. The minimum atomic E-state index is -0.0301. The van der Waals surface area contributed by atoms with Gasteiger partial charge in [0.05, 0.1) is 0 Å². The molecule has 0 radical (unpaired) electrons. The van der Waals surface area contributed by atoms with Gasteiger partial charge < -0.3 is 5.32 Å². The van der Waals surface area contributed by atoms with Crippen molar-refractivity contribution in [2.24, 2.45) is 0 Å². The smallest absolute Gasteiger partial charge is 0.221 e. The molecule has 0 fully saturated rings. The average Bonchev–Trinajstić information content (AvgIpc) is 2.88. The van der Waals surface area contributed by atoms with Gasteiger partial charge in [0.15, 0.2) is 0 Å². The number of fused-ring (bicyclic) bond motifs is 1. The maximum absolute atomic E-state index is 11.1. The standard InChI is InChI=1S/C18H19ClN2O/c1-13(22)20-18-7-4-15-11-21(12-16(15)10-18)9-8-14-2-5-17(19)6-3-14/h2-7,10H,8-9,11-12H2,1H3,(H,20,22). The molecule has 22 heavy (non-hydrogen) atoms. The van der Waals surface area contributed by atoms with Crippen LogP contribution in [0.5, 0.6) is 0 Å². The molecule has 1 aliphatic rings. The third-order valence-electron chi connectivity index (χ3n) is 3.94. The van der Waals surface area contributed by atoms with Gasteiger partial charge in [-0.1, -0.05) is 29.8 Å². The van der Waals surface area contributed by atoms with E-state index in [0.29, 0.717) is 0 Å². The van der Waals surface area contributed by atoms with Gasteiger partial charge in [-0.15, -0.1) is 0 Å². The first-order chi connectivity index (χ1) is 10.6. The molecule has 3 rings (SSSR count). The van der Waals surface area contributed by atoms with Crippen molar-refractivity contribution in [3.8, 4) is 0 Å². The van der Waals surface area contributed by atoms with E-state index in [1.807, 2.05) is 18.2 Å². The monoisotopic (exact) mass is 314 g/mol. The third kappa shape index (κ3) is 3.67. The lowest BCUT2D eigenvalue weighted by Crippen LogP contribution is -2.19. The molecule has 3 nitrogen and oxygen atoms in total. The molecule has 0 unspecified atom stereocenters.